The number of pyridine rings is 1. The number of carbonyl (C=O) groups excluding carboxylic acids is 1. The number of hydrogen-bond acceptors (Lipinski definition) is 3. The predicted molar refractivity (Wildman–Crippen MR) is 102 cm³/mol. The minimum atomic E-state index is -0.276. The smallest absolute Gasteiger partial charge is 0.263 e. The highest BCUT2D eigenvalue weighted by atomic mass is 16.5. The SMILES string of the molecule is Cn1cccc(C(=O)N(CC=Cc2ccccc2)CC2CCCO2)c1=O. The van der Waals surface area contributed by atoms with E-state index in [1.807, 2.05) is 42.5 Å². The first-order valence-corrected chi connectivity index (χ1v) is 8.93. The van der Waals surface area contributed by atoms with E-state index in [2.05, 4.69) is 0 Å². The molecule has 0 spiro atoms. The van der Waals surface area contributed by atoms with E-state index in [1.165, 1.54) is 4.57 Å². The summed E-state index contributed by atoms with van der Waals surface area (Å²) in [6.45, 7) is 1.67. The van der Waals surface area contributed by atoms with Gasteiger partial charge in [-0.05, 0) is 30.5 Å². The third-order valence-electron chi connectivity index (χ3n) is 4.52. The van der Waals surface area contributed by atoms with Gasteiger partial charge >= 0.3 is 0 Å². The predicted octanol–water partition coefficient (Wildman–Crippen LogP) is 2.72. The van der Waals surface area contributed by atoms with Crippen molar-refractivity contribution in [3.63, 3.8) is 0 Å². The summed E-state index contributed by atoms with van der Waals surface area (Å²) in [5.41, 5.74) is 0.996. The molecule has 1 saturated heterocycles. The maximum Gasteiger partial charge on any atom is 0.263 e. The number of amides is 1. The number of ether oxygens (including phenoxy) is 1. The van der Waals surface area contributed by atoms with Gasteiger partial charge in [-0.25, -0.2) is 0 Å². The molecule has 1 aromatic heterocycles. The monoisotopic (exact) mass is 352 g/mol. The lowest BCUT2D eigenvalue weighted by Crippen LogP contribution is -2.40. The Morgan fingerprint density at radius 2 is 2.08 bits per heavy atom. The molecule has 1 unspecified atom stereocenters. The number of benzene rings is 1. The fourth-order valence-corrected chi connectivity index (χ4v) is 3.09. The van der Waals surface area contributed by atoms with Crippen molar-refractivity contribution in [2.24, 2.45) is 7.05 Å². The zero-order chi connectivity index (χ0) is 18.4. The van der Waals surface area contributed by atoms with Gasteiger partial charge < -0.3 is 14.2 Å². The Kier molecular flexibility index (Phi) is 6.02. The second-order valence-corrected chi connectivity index (χ2v) is 6.50. The largest absolute Gasteiger partial charge is 0.376 e. The van der Waals surface area contributed by atoms with Crippen LogP contribution in [0.2, 0.25) is 0 Å². The maximum atomic E-state index is 13.0. The number of aryl methyl sites for hydroxylation is 1. The van der Waals surface area contributed by atoms with E-state index in [0.717, 1.165) is 25.0 Å². The van der Waals surface area contributed by atoms with Gasteiger partial charge in [0.05, 0.1) is 6.10 Å². The molecular weight excluding hydrogens is 328 g/mol. The van der Waals surface area contributed by atoms with E-state index in [1.54, 1.807) is 30.3 Å². The summed E-state index contributed by atoms with van der Waals surface area (Å²) in [4.78, 5) is 27.0. The van der Waals surface area contributed by atoms with E-state index >= 15 is 0 Å². The topological polar surface area (TPSA) is 51.5 Å². The summed E-state index contributed by atoms with van der Waals surface area (Å²) >= 11 is 0. The van der Waals surface area contributed by atoms with Gasteiger partial charge in [0, 0.05) is 32.9 Å². The molecule has 0 saturated carbocycles. The maximum absolute atomic E-state index is 13.0. The number of nitrogens with zero attached hydrogens (tertiary/aromatic N) is 2. The highest BCUT2D eigenvalue weighted by Gasteiger charge is 2.24. The Hall–Kier alpha value is -2.66. The van der Waals surface area contributed by atoms with Gasteiger partial charge in [0.2, 0.25) is 0 Å². The number of rotatable bonds is 6. The Morgan fingerprint density at radius 1 is 1.27 bits per heavy atom. The van der Waals surface area contributed by atoms with Crippen LogP contribution < -0.4 is 5.56 Å². The third kappa shape index (κ3) is 4.49. The molecule has 5 nitrogen and oxygen atoms in total. The highest BCUT2D eigenvalue weighted by molar-refractivity contribution is 5.94. The molecule has 1 atom stereocenters. The minimum absolute atomic E-state index is 0.0386. The molecule has 26 heavy (non-hydrogen) atoms. The van der Waals surface area contributed by atoms with E-state index < -0.39 is 0 Å². The summed E-state index contributed by atoms with van der Waals surface area (Å²) in [6.07, 6.45) is 7.59. The van der Waals surface area contributed by atoms with Gasteiger partial charge in [-0.15, -0.1) is 0 Å². The Bertz CT molecular complexity index is 821. The Labute approximate surface area is 153 Å². The summed E-state index contributed by atoms with van der Waals surface area (Å²) in [5, 5.41) is 0. The summed E-state index contributed by atoms with van der Waals surface area (Å²) in [5.74, 6) is -0.251. The lowest BCUT2D eigenvalue weighted by Gasteiger charge is -2.24. The van der Waals surface area contributed by atoms with Crippen molar-refractivity contribution in [3.8, 4) is 0 Å². The summed E-state index contributed by atoms with van der Waals surface area (Å²) in [7, 11) is 1.65. The van der Waals surface area contributed by atoms with Crippen LogP contribution in [0.15, 0.2) is 59.5 Å². The van der Waals surface area contributed by atoms with Crippen LogP contribution in [0.1, 0.15) is 28.8 Å². The molecule has 1 aliphatic rings. The minimum Gasteiger partial charge on any atom is -0.376 e. The summed E-state index contributed by atoms with van der Waals surface area (Å²) < 4.78 is 7.11. The fraction of sp³-hybridized carbons (Fsp3) is 0.333. The van der Waals surface area contributed by atoms with Gasteiger partial charge in [0.15, 0.2) is 0 Å². The van der Waals surface area contributed by atoms with Crippen LogP contribution in [-0.4, -0.2) is 41.2 Å². The van der Waals surface area contributed by atoms with Crippen molar-refractivity contribution in [1.29, 1.82) is 0 Å². The molecule has 2 aromatic rings. The average molecular weight is 352 g/mol. The molecule has 0 aliphatic carbocycles. The first kappa shape index (κ1) is 18.1. The van der Waals surface area contributed by atoms with E-state index in [9.17, 15) is 9.59 Å². The Balaban J connectivity index is 1.78. The first-order valence-electron chi connectivity index (χ1n) is 8.93. The fourth-order valence-electron chi connectivity index (χ4n) is 3.09. The van der Waals surface area contributed by atoms with Crippen LogP contribution in [0, 0.1) is 0 Å². The highest BCUT2D eigenvalue weighted by Crippen LogP contribution is 2.15. The molecule has 0 bridgehead atoms. The van der Waals surface area contributed by atoms with Gasteiger partial charge in [-0.3, -0.25) is 9.59 Å². The number of hydrogen-bond donors (Lipinski definition) is 0. The molecule has 3 rings (SSSR count). The van der Waals surface area contributed by atoms with Gasteiger partial charge in [-0.1, -0.05) is 42.5 Å². The molecular formula is C21H24N2O3. The van der Waals surface area contributed by atoms with Crippen LogP contribution in [0.4, 0.5) is 0 Å². The van der Waals surface area contributed by atoms with Gasteiger partial charge in [0.1, 0.15) is 5.56 Å². The lowest BCUT2D eigenvalue weighted by atomic mass is 10.1. The molecule has 0 N–H and O–H groups in total. The molecule has 1 aromatic carbocycles. The van der Waals surface area contributed by atoms with Crippen molar-refractivity contribution < 1.29 is 9.53 Å². The number of carbonyl (C=O) groups is 1. The van der Waals surface area contributed by atoms with Crippen LogP contribution >= 0.6 is 0 Å². The molecule has 1 amide bonds. The summed E-state index contributed by atoms with van der Waals surface area (Å²) in [6, 6.07) is 13.2. The molecule has 1 fully saturated rings. The van der Waals surface area contributed by atoms with Gasteiger partial charge in [0.25, 0.3) is 11.5 Å². The lowest BCUT2D eigenvalue weighted by molar-refractivity contribution is 0.0552. The van der Waals surface area contributed by atoms with Crippen molar-refractivity contribution in [2.45, 2.75) is 18.9 Å². The van der Waals surface area contributed by atoms with Gasteiger partial charge in [-0.2, -0.15) is 0 Å². The molecule has 136 valence electrons. The van der Waals surface area contributed by atoms with Crippen molar-refractivity contribution in [2.75, 3.05) is 19.7 Å². The standard InChI is InChI=1S/C21H24N2O3/c1-22-13-6-12-19(20(22)24)21(25)23(16-18-11-7-15-26-18)14-5-10-17-8-3-2-4-9-17/h2-6,8-10,12-13,18H,7,11,14-16H2,1H3. The second-order valence-electron chi connectivity index (χ2n) is 6.50. The average Bonchev–Trinajstić information content (AvgIpc) is 3.17. The van der Waals surface area contributed by atoms with Crippen molar-refractivity contribution in [3.05, 3.63) is 76.2 Å². The van der Waals surface area contributed by atoms with Crippen molar-refractivity contribution >= 4 is 12.0 Å². The quantitative estimate of drug-likeness (QED) is 0.803. The van der Waals surface area contributed by atoms with Crippen LogP contribution in [0.3, 0.4) is 0 Å². The van der Waals surface area contributed by atoms with E-state index in [0.29, 0.717) is 13.1 Å². The number of aromatic nitrogens is 1. The van der Waals surface area contributed by atoms with E-state index in [4.69, 9.17) is 4.74 Å². The van der Waals surface area contributed by atoms with E-state index in [-0.39, 0.29) is 23.1 Å². The third-order valence-corrected chi connectivity index (χ3v) is 4.52. The normalized spacial score (nSPS) is 16.9. The zero-order valence-electron chi connectivity index (χ0n) is 15.0. The van der Waals surface area contributed by atoms with Crippen LogP contribution in [0.25, 0.3) is 6.08 Å². The van der Waals surface area contributed by atoms with Crippen LogP contribution in [0.5, 0.6) is 0 Å². The molecule has 2 heterocycles. The first-order chi connectivity index (χ1) is 12.6. The molecule has 5 heteroatoms. The van der Waals surface area contributed by atoms with Crippen molar-refractivity contribution in [1.82, 2.24) is 9.47 Å². The Morgan fingerprint density at radius 3 is 2.81 bits per heavy atom. The second kappa shape index (κ2) is 8.63. The molecule has 1 aliphatic heterocycles. The molecule has 0 radical (unpaired) electrons. The zero-order valence-corrected chi connectivity index (χ0v) is 15.0. The van der Waals surface area contributed by atoms with Crippen LogP contribution in [-0.2, 0) is 11.8 Å².